The molecule has 96 valence electrons. The highest BCUT2D eigenvalue weighted by molar-refractivity contribution is 9.11. The first-order valence-electron chi connectivity index (χ1n) is 5.56. The van der Waals surface area contributed by atoms with Gasteiger partial charge in [-0.1, -0.05) is 0 Å². The second kappa shape index (κ2) is 5.71. The van der Waals surface area contributed by atoms with E-state index in [0.717, 1.165) is 22.4 Å². The van der Waals surface area contributed by atoms with Crippen LogP contribution in [0.25, 0.3) is 0 Å². The molecule has 0 fully saturated rings. The maximum Gasteiger partial charge on any atom is 0.125 e. The average Bonchev–Trinajstić information content (AvgIpc) is 2.72. The number of anilines is 2. The van der Waals surface area contributed by atoms with Gasteiger partial charge in [0.1, 0.15) is 5.82 Å². The summed E-state index contributed by atoms with van der Waals surface area (Å²) in [5.74, 6) is -0.299. The highest BCUT2D eigenvalue weighted by atomic mass is 79.9. The fourth-order valence-corrected chi connectivity index (χ4v) is 3.23. The van der Waals surface area contributed by atoms with Gasteiger partial charge in [-0.3, -0.25) is 0 Å². The van der Waals surface area contributed by atoms with E-state index in [-0.39, 0.29) is 5.82 Å². The van der Waals surface area contributed by atoms with Crippen LogP contribution in [0.1, 0.15) is 4.88 Å². The van der Waals surface area contributed by atoms with Crippen LogP contribution in [0.3, 0.4) is 0 Å². The molecule has 0 aliphatic carbocycles. The minimum atomic E-state index is -0.299. The van der Waals surface area contributed by atoms with Crippen LogP contribution in [0, 0.1) is 5.82 Å². The molecule has 0 radical (unpaired) electrons. The van der Waals surface area contributed by atoms with Crippen LogP contribution in [0.4, 0.5) is 15.8 Å². The van der Waals surface area contributed by atoms with E-state index in [1.165, 1.54) is 17.0 Å². The van der Waals surface area contributed by atoms with Crippen LogP contribution >= 0.6 is 27.3 Å². The third-order valence-corrected chi connectivity index (χ3v) is 4.41. The number of nitrogens with two attached hydrogens (primary N) is 1. The van der Waals surface area contributed by atoms with E-state index < -0.39 is 0 Å². The smallest absolute Gasteiger partial charge is 0.125 e. The maximum absolute atomic E-state index is 13.0. The molecular weight excluding hydrogens is 315 g/mol. The van der Waals surface area contributed by atoms with Gasteiger partial charge in [-0.15, -0.1) is 11.3 Å². The van der Waals surface area contributed by atoms with E-state index in [0.29, 0.717) is 5.69 Å². The number of rotatable bonds is 4. The molecule has 5 heteroatoms. The van der Waals surface area contributed by atoms with Crippen LogP contribution < -0.4 is 10.6 Å². The predicted octanol–water partition coefficient (Wildman–Crippen LogP) is 3.91. The van der Waals surface area contributed by atoms with Gasteiger partial charge in [0.15, 0.2) is 0 Å². The van der Waals surface area contributed by atoms with Crippen LogP contribution in [-0.4, -0.2) is 13.6 Å². The molecule has 0 saturated carbocycles. The number of hydrogen-bond acceptors (Lipinski definition) is 3. The predicted molar refractivity (Wildman–Crippen MR) is 79.8 cm³/mol. The third-order valence-electron chi connectivity index (χ3n) is 2.72. The van der Waals surface area contributed by atoms with E-state index in [1.807, 2.05) is 18.0 Å². The molecule has 0 amide bonds. The molecule has 0 saturated heterocycles. The summed E-state index contributed by atoms with van der Waals surface area (Å²) in [6.45, 7) is 0.850. The molecule has 1 aromatic heterocycles. The zero-order chi connectivity index (χ0) is 13.1. The first-order valence-corrected chi connectivity index (χ1v) is 7.17. The van der Waals surface area contributed by atoms with Gasteiger partial charge in [0.25, 0.3) is 0 Å². The Morgan fingerprint density at radius 1 is 1.33 bits per heavy atom. The second-order valence-electron chi connectivity index (χ2n) is 4.08. The Morgan fingerprint density at radius 2 is 2.11 bits per heavy atom. The van der Waals surface area contributed by atoms with E-state index in [4.69, 9.17) is 5.73 Å². The summed E-state index contributed by atoms with van der Waals surface area (Å²) >= 11 is 5.18. The van der Waals surface area contributed by atoms with Crippen molar-refractivity contribution in [3.63, 3.8) is 0 Å². The molecular formula is C13H14BrFN2S. The van der Waals surface area contributed by atoms with Crippen molar-refractivity contribution >= 4 is 38.6 Å². The average molecular weight is 329 g/mol. The lowest BCUT2D eigenvalue weighted by Gasteiger charge is -2.20. The van der Waals surface area contributed by atoms with E-state index in [9.17, 15) is 4.39 Å². The van der Waals surface area contributed by atoms with Gasteiger partial charge in [-0.05, 0) is 52.7 Å². The molecule has 1 heterocycles. The van der Waals surface area contributed by atoms with Crippen molar-refractivity contribution in [1.82, 2.24) is 0 Å². The van der Waals surface area contributed by atoms with Crippen molar-refractivity contribution in [3.8, 4) is 0 Å². The quantitative estimate of drug-likeness (QED) is 0.862. The highest BCUT2D eigenvalue weighted by Gasteiger charge is 2.07. The summed E-state index contributed by atoms with van der Waals surface area (Å²) in [6.07, 6.45) is 0.948. The first-order chi connectivity index (χ1) is 8.56. The lowest BCUT2D eigenvalue weighted by molar-refractivity contribution is 0.628. The Kier molecular flexibility index (Phi) is 4.24. The Bertz CT molecular complexity index is 542. The van der Waals surface area contributed by atoms with Crippen LogP contribution in [0.15, 0.2) is 34.1 Å². The molecule has 0 bridgehead atoms. The van der Waals surface area contributed by atoms with Gasteiger partial charge in [0.2, 0.25) is 0 Å². The minimum Gasteiger partial charge on any atom is -0.397 e. The largest absolute Gasteiger partial charge is 0.397 e. The van der Waals surface area contributed by atoms with E-state index >= 15 is 0 Å². The molecule has 0 unspecified atom stereocenters. The van der Waals surface area contributed by atoms with Crippen molar-refractivity contribution in [2.45, 2.75) is 6.42 Å². The lowest BCUT2D eigenvalue weighted by atomic mass is 10.2. The number of likely N-dealkylation sites (N-methyl/N-ethyl adjacent to an activating group) is 1. The molecule has 18 heavy (non-hydrogen) atoms. The zero-order valence-corrected chi connectivity index (χ0v) is 12.4. The number of nitrogens with zero attached hydrogens (tertiary/aromatic N) is 1. The van der Waals surface area contributed by atoms with Crippen molar-refractivity contribution in [2.75, 3.05) is 24.2 Å². The first kappa shape index (κ1) is 13.4. The van der Waals surface area contributed by atoms with Gasteiger partial charge < -0.3 is 10.6 Å². The van der Waals surface area contributed by atoms with Crippen LogP contribution in [0.2, 0.25) is 0 Å². The molecule has 2 rings (SSSR count). The number of halogens is 2. The van der Waals surface area contributed by atoms with Gasteiger partial charge in [-0.2, -0.15) is 0 Å². The Balaban J connectivity index is 2.01. The monoisotopic (exact) mass is 328 g/mol. The number of benzene rings is 1. The van der Waals surface area contributed by atoms with Crippen molar-refractivity contribution in [3.05, 3.63) is 44.8 Å². The summed E-state index contributed by atoms with van der Waals surface area (Å²) in [7, 11) is 1.96. The lowest BCUT2D eigenvalue weighted by Crippen LogP contribution is -2.21. The van der Waals surface area contributed by atoms with Crippen molar-refractivity contribution in [2.24, 2.45) is 0 Å². The Morgan fingerprint density at radius 3 is 2.72 bits per heavy atom. The molecule has 2 nitrogen and oxygen atoms in total. The number of hydrogen-bond donors (Lipinski definition) is 1. The summed E-state index contributed by atoms with van der Waals surface area (Å²) in [6, 6.07) is 8.66. The summed E-state index contributed by atoms with van der Waals surface area (Å²) in [5.41, 5.74) is 7.15. The number of thiophene rings is 1. The molecule has 2 aromatic rings. The van der Waals surface area contributed by atoms with E-state index in [1.54, 1.807) is 17.4 Å². The highest BCUT2D eigenvalue weighted by Crippen LogP contribution is 2.25. The molecule has 1 aromatic carbocycles. The van der Waals surface area contributed by atoms with Crippen molar-refractivity contribution < 1.29 is 4.39 Å². The maximum atomic E-state index is 13.0. The van der Waals surface area contributed by atoms with Crippen LogP contribution in [0.5, 0.6) is 0 Å². The van der Waals surface area contributed by atoms with Gasteiger partial charge in [0.05, 0.1) is 15.2 Å². The van der Waals surface area contributed by atoms with Crippen LogP contribution in [-0.2, 0) is 6.42 Å². The summed E-state index contributed by atoms with van der Waals surface area (Å²) < 4.78 is 14.1. The summed E-state index contributed by atoms with van der Waals surface area (Å²) in [4.78, 5) is 3.36. The standard InChI is InChI=1S/C13H14BrFN2S/c1-17(7-6-10-3-5-13(14)18-10)12-4-2-9(15)8-11(12)16/h2-5,8H,6-7,16H2,1H3. The Labute approximate surface area is 118 Å². The molecule has 0 spiro atoms. The minimum absolute atomic E-state index is 0.299. The topological polar surface area (TPSA) is 29.3 Å². The van der Waals surface area contributed by atoms with E-state index in [2.05, 4.69) is 22.0 Å². The van der Waals surface area contributed by atoms with Gasteiger partial charge >= 0.3 is 0 Å². The second-order valence-corrected chi connectivity index (χ2v) is 6.63. The SMILES string of the molecule is CN(CCc1ccc(Br)s1)c1ccc(F)cc1N. The molecule has 0 aliphatic rings. The van der Waals surface area contributed by atoms with Gasteiger partial charge in [-0.25, -0.2) is 4.39 Å². The fraction of sp³-hybridized carbons (Fsp3) is 0.231. The molecule has 0 atom stereocenters. The van der Waals surface area contributed by atoms with Crippen molar-refractivity contribution in [1.29, 1.82) is 0 Å². The summed E-state index contributed by atoms with van der Waals surface area (Å²) in [5, 5.41) is 0. The van der Waals surface area contributed by atoms with Gasteiger partial charge in [0, 0.05) is 18.5 Å². The Hall–Kier alpha value is -1.07. The number of nitrogen functional groups attached to an aromatic ring is 1. The molecule has 2 N–H and O–H groups in total. The zero-order valence-electron chi connectivity index (χ0n) is 9.99. The normalized spacial score (nSPS) is 10.6. The fourth-order valence-electron chi connectivity index (χ4n) is 1.76. The third kappa shape index (κ3) is 3.23. The molecule has 0 aliphatic heterocycles.